The molecule has 0 spiro atoms. The van der Waals surface area contributed by atoms with Gasteiger partial charge in [-0.3, -0.25) is 0 Å². The van der Waals surface area contributed by atoms with Gasteiger partial charge in [-0.2, -0.15) is 0 Å². The van der Waals surface area contributed by atoms with Crippen molar-refractivity contribution in [3.05, 3.63) is 53.1 Å². The zero-order valence-corrected chi connectivity index (χ0v) is 11.2. The molecule has 0 saturated carbocycles. The molecule has 2 rings (SSSR count). The molecule has 0 unspecified atom stereocenters. The van der Waals surface area contributed by atoms with E-state index in [4.69, 9.17) is 5.11 Å². The fourth-order valence-corrected chi connectivity index (χ4v) is 1.77. The third-order valence-corrected chi connectivity index (χ3v) is 2.74. The van der Waals surface area contributed by atoms with Gasteiger partial charge in [0.25, 0.3) is 0 Å². The van der Waals surface area contributed by atoms with Crippen molar-refractivity contribution in [1.82, 2.24) is 9.97 Å². The Morgan fingerprint density at radius 3 is 2.55 bits per heavy atom. The number of carboxylic acid groups (broad SMARTS) is 1. The fraction of sp³-hybridized carbons (Fsp3) is 0.214. The van der Waals surface area contributed by atoms with Crippen molar-refractivity contribution in [3.8, 4) is 0 Å². The Labute approximate surface area is 115 Å². The average molecular weight is 275 g/mol. The molecular formula is C14H14FN3O2. The molecule has 20 heavy (non-hydrogen) atoms. The molecule has 0 aliphatic carbocycles. The van der Waals surface area contributed by atoms with E-state index < -0.39 is 5.97 Å². The van der Waals surface area contributed by atoms with Crippen molar-refractivity contribution in [2.24, 2.45) is 0 Å². The van der Waals surface area contributed by atoms with Gasteiger partial charge >= 0.3 is 5.97 Å². The molecule has 0 atom stereocenters. The number of hydrogen-bond acceptors (Lipinski definition) is 4. The number of rotatable bonds is 4. The van der Waals surface area contributed by atoms with Crippen LogP contribution in [0.1, 0.15) is 21.7 Å². The monoisotopic (exact) mass is 275 g/mol. The van der Waals surface area contributed by atoms with Crippen molar-refractivity contribution in [1.29, 1.82) is 0 Å². The molecule has 0 radical (unpaired) electrons. The number of anilines is 1. The Morgan fingerprint density at radius 2 is 1.95 bits per heavy atom. The van der Waals surface area contributed by atoms with Crippen LogP contribution in [0.2, 0.25) is 0 Å². The SMILES string of the molecule is Cc1cc(C(=O)O)nc(N(C)Cc2ccc(F)cc2)n1. The van der Waals surface area contributed by atoms with E-state index >= 15 is 0 Å². The summed E-state index contributed by atoms with van der Waals surface area (Å²) in [6.45, 7) is 2.17. The summed E-state index contributed by atoms with van der Waals surface area (Å²) in [4.78, 5) is 20.9. The molecule has 0 aliphatic rings. The van der Waals surface area contributed by atoms with Crippen LogP contribution in [0.15, 0.2) is 30.3 Å². The van der Waals surface area contributed by atoms with E-state index in [1.165, 1.54) is 18.2 Å². The van der Waals surface area contributed by atoms with E-state index in [1.54, 1.807) is 31.0 Å². The third kappa shape index (κ3) is 3.28. The lowest BCUT2D eigenvalue weighted by atomic mass is 10.2. The molecule has 1 heterocycles. The molecule has 0 bridgehead atoms. The molecule has 0 saturated heterocycles. The number of carboxylic acids is 1. The van der Waals surface area contributed by atoms with Crippen LogP contribution in [0.4, 0.5) is 10.3 Å². The molecule has 0 aliphatic heterocycles. The smallest absolute Gasteiger partial charge is 0.354 e. The highest BCUT2D eigenvalue weighted by molar-refractivity contribution is 5.85. The lowest BCUT2D eigenvalue weighted by molar-refractivity contribution is 0.0690. The van der Waals surface area contributed by atoms with E-state index in [9.17, 15) is 9.18 Å². The Morgan fingerprint density at radius 1 is 1.30 bits per heavy atom. The quantitative estimate of drug-likeness (QED) is 0.927. The molecule has 0 amide bonds. The molecule has 5 nitrogen and oxygen atoms in total. The second kappa shape index (κ2) is 5.64. The van der Waals surface area contributed by atoms with E-state index in [2.05, 4.69) is 9.97 Å². The normalized spacial score (nSPS) is 10.3. The molecule has 104 valence electrons. The van der Waals surface area contributed by atoms with Crippen molar-refractivity contribution < 1.29 is 14.3 Å². The molecule has 1 aromatic heterocycles. The summed E-state index contributed by atoms with van der Waals surface area (Å²) < 4.78 is 12.8. The van der Waals surface area contributed by atoms with Gasteiger partial charge in [0.2, 0.25) is 5.95 Å². The predicted octanol–water partition coefficient (Wildman–Crippen LogP) is 2.26. The maximum atomic E-state index is 12.8. The Balaban J connectivity index is 2.22. The summed E-state index contributed by atoms with van der Waals surface area (Å²) in [5.74, 6) is -1.06. The van der Waals surface area contributed by atoms with Crippen molar-refractivity contribution in [2.45, 2.75) is 13.5 Å². The zero-order chi connectivity index (χ0) is 14.7. The highest BCUT2D eigenvalue weighted by atomic mass is 19.1. The van der Waals surface area contributed by atoms with Gasteiger partial charge in [-0.05, 0) is 30.7 Å². The van der Waals surface area contributed by atoms with Crippen molar-refractivity contribution in [3.63, 3.8) is 0 Å². The van der Waals surface area contributed by atoms with Crippen LogP contribution < -0.4 is 4.90 Å². The molecular weight excluding hydrogens is 261 g/mol. The number of nitrogens with zero attached hydrogens (tertiary/aromatic N) is 3. The fourth-order valence-electron chi connectivity index (χ4n) is 1.77. The number of aromatic nitrogens is 2. The van der Waals surface area contributed by atoms with Crippen LogP contribution in [0, 0.1) is 12.7 Å². The topological polar surface area (TPSA) is 66.3 Å². The van der Waals surface area contributed by atoms with Gasteiger partial charge in [-0.15, -0.1) is 0 Å². The van der Waals surface area contributed by atoms with Gasteiger partial charge in [-0.1, -0.05) is 12.1 Å². The molecule has 0 fully saturated rings. The van der Waals surface area contributed by atoms with Crippen molar-refractivity contribution in [2.75, 3.05) is 11.9 Å². The minimum absolute atomic E-state index is 0.0431. The van der Waals surface area contributed by atoms with Crippen LogP contribution in [0.5, 0.6) is 0 Å². The second-order valence-electron chi connectivity index (χ2n) is 4.48. The summed E-state index contributed by atoms with van der Waals surface area (Å²) in [5, 5.41) is 8.99. The molecule has 1 N–H and O–H groups in total. The number of halogens is 1. The highest BCUT2D eigenvalue weighted by Gasteiger charge is 2.12. The minimum atomic E-state index is -1.09. The van der Waals surface area contributed by atoms with Crippen LogP contribution in [-0.4, -0.2) is 28.1 Å². The number of hydrogen-bond donors (Lipinski definition) is 1. The van der Waals surface area contributed by atoms with Gasteiger partial charge in [0.1, 0.15) is 5.82 Å². The highest BCUT2D eigenvalue weighted by Crippen LogP contribution is 2.13. The van der Waals surface area contributed by atoms with Gasteiger partial charge in [-0.25, -0.2) is 19.2 Å². The summed E-state index contributed by atoms with van der Waals surface area (Å²) >= 11 is 0. The third-order valence-electron chi connectivity index (χ3n) is 2.74. The number of carbonyl (C=O) groups is 1. The molecule has 6 heteroatoms. The second-order valence-corrected chi connectivity index (χ2v) is 4.48. The predicted molar refractivity (Wildman–Crippen MR) is 72.2 cm³/mol. The summed E-state index contributed by atoms with van der Waals surface area (Å²) in [5.41, 5.74) is 1.42. The number of aromatic carboxylic acids is 1. The summed E-state index contributed by atoms with van der Waals surface area (Å²) in [7, 11) is 1.75. The van der Waals surface area contributed by atoms with E-state index in [1.807, 2.05) is 0 Å². The lowest BCUT2D eigenvalue weighted by Gasteiger charge is -2.17. The Hall–Kier alpha value is -2.50. The first-order chi connectivity index (χ1) is 9.45. The first kappa shape index (κ1) is 13.9. The van der Waals surface area contributed by atoms with E-state index in [-0.39, 0.29) is 11.5 Å². The Kier molecular flexibility index (Phi) is 3.93. The Bertz CT molecular complexity index is 629. The largest absolute Gasteiger partial charge is 0.477 e. The maximum absolute atomic E-state index is 12.8. The average Bonchev–Trinajstić information content (AvgIpc) is 2.40. The van der Waals surface area contributed by atoms with E-state index in [0.29, 0.717) is 18.2 Å². The summed E-state index contributed by atoms with van der Waals surface area (Å²) in [6, 6.07) is 7.50. The number of benzene rings is 1. The van der Waals surface area contributed by atoms with Gasteiger partial charge in [0.05, 0.1) is 0 Å². The maximum Gasteiger partial charge on any atom is 0.354 e. The first-order valence-electron chi connectivity index (χ1n) is 6.00. The van der Waals surface area contributed by atoms with Crippen LogP contribution in [-0.2, 0) is 6.54 Å². The summed E-state index contributed by atoms with van der Waals surface area (Å²) in [6.07, 6.45) is 0. The zero-order valence-electron chi connectivity index (χ0n) is 11.2. The van der Waals surface area contributed by atoms with Gasteiger partial charge in [0, 0.05) is 19.3 Å². The van der Waals surface area contributed by atoms with Crippen molar-refractivity contribution >= 4 is 11.9 Å². The first-order valence-corrected chi connectivity index (χ1v) is 6.00. The molecule has 1 aromatic carbocycles. The van der Waals surface area contributed by atoms with Crippen LogP contribution in [0.3, 0.4) is 0 Å². The minimum Gasteiger partial charge on any atom is -0.477 e. The van der Waals surface area contributed by atoms with Crippen LogP contribution in [0.25, 0.3) is 0 Å². The standard InChI is InChI=1S/C14H14FN3O2/c1-9-7-12(13(19)20)17-14(16-9)18(2)8-10-3-5-11(15)6-4-10/h3-7H,8H2,1-2H3,(H,19,20). The molecule has 2 aromatic rings. The van der Waals surface area contributed by atoms with E-state index in [0.717, 1.165) is 5.56 Å². The van der Waals surface area contributed by atoms with Gasteiger partial charge < -0.3 is 10.0 Å². The lowest BCUT2D eigenvalue weighted by Crippen LogP contribution is -2.20. The van der Waals surface area contributed by atoms with Gasteiger partial charge in [0.15, 0.2) is 5.69 Å². The number of aryl methyl sites for hydroxylation is 1. The van der Waals surface area contributed by atoms with Crippen LogP contribution >= 0.6 is 0 Å².